The largest absolute Gasteiger partial charge is 0.359 e. The molecule has 0 aliphatic carbocycles. The molecule has 1 unspecified atom stereocenters. The van der Waals surface area contributed by atoms with Gasteiger partial charge in [0, 0.05) is 38.0 Å². The first-order chi connectivity index (χ1) is 13.4. The van der Waals surface area contributed by atoms with Crippen LogP contribution in [0.15, 0.2) is 18.2 Å². The van der Waals surface area contributed by atoms with E-state index in [2.05, 4.69) is 16.0 Å². The Balaban J connectivity index is 1.82. The molecule has 1 aromatic heterocycles. The highest BCUT2D eigenvalue weighted by atomic mass is 35.5. The minimum Gasteiger partial charge on any atom is -0.359 e. The topological polar surface area (TPSA) is 75.2 Å². The number of hydrogen-bond donors (Lipinski definition) is 3. The summed E-state index contributed by atoms with van der Waals surface area (Å²) in [6.07, 6.45) is 3.88. The summed E-state index contributed by atoms with van der Waals surface area (Å²) >= 11 is 6.45. The van der Waals surface area contributed by atoms with Crippen molar-refractivity contribution in [1.29, 1.82) is 0 Å². The van der Waals surface area contributed by atoms with Gasteiger partial charge in [-0.05, 0) is 56.8 Å². The molecule has 1 atom stereocenters. The minimum absolute atomic E-state index is 0.0314. The van der Waals surface area contributed by atoms with Crippen molar-refractivity contribution in [3.63, 3.8) is 0 Å². The van der Waals surface area contributed by atoms with Gasteiger partial charge < -0.3 is 20.5 Å². The van der Waals surface area contributed by atoms with Crippen molar-refractivity contribution in [2.75, 3.05) is 20.1 Å². The second-order valence-corrected chi connectivity index (χ2v) is 8.14. The van der Waals surface area contributed by atoms with Crippen molar-refractivity contribution in [3.05, 3.63) is 34.5 Å². The Morgan fingerprint density at radius 3 is 2.82 bits per heavy atom. The fourth-order valence-corrected chi connectivity index (χ4v) is 4.28. The number of aromatic nitrogens is 1. The van der Waals surface area contributed by atoms with Crippen molar-refractivity contribution < 1.29 is 9.59 Å². The van der Waals surface area contributed by atoms with Crippen molar-refractivity contribution in [2.45, 2.75) is 44.6 Å². The van der Waals surface area contributed by atoms with E-state index in [1.54, 1.807) is 7.05 Å². The fourth-order valence-electron chi connectivity index (χ4n) is 4.07. The fraction of sp³-hybridized carbons (Fsp3) is 0.524. The number of carbonyl (C=O) groups excluding carboxylic acids is 2. The van der Waals surface area contributed by atoms with Gasteiger partial charge in [-0.2, -0.15) is 0 Å². The zero-order chi connectivity index (χ0) is 20.3. The highest BCUT2D eigenvalue weighted by Gasteiger charge is 2.34. The molecule has 1 aliphatic rings. The van der Waals surface area contributed by atoms with E-state index in [9.17, 15) is 9.59 Å². The van der Waals surface area contributed by atoms with Crippen LogP contribution in [0.5, 0.6) is 0 Å². The molecule has 28 heavy (non-hydrogen) atoms. The van der Waals surface area contributed by atoms with Crippen molar-refractivity contribution in [1.82, 2.24) is 20.5 Å². The molecule has 1 saturated heterocycles. The van der Waals surface area contributed by atoms with E-state index < -0.39 is 0 Å². The maximum atomic E-state index is 13.2. The van der Waals surface area contributed by atoms with Crippen LogP contribution in [0.25, 0.3) is 10.9 Å². The van der Waals surface area contributed by atoms with E-state index in [0.29, 0.717) is 17.1 Å². The molecule has 1 aliphatic heterocycles. The molecule has 6 nitrogen and oxygen atoms in total. The van der Waals surface area contributed by atoms with Crippen LogP contribution in [-0.2, 0) is 11.8 Å². The molecule has 2 amide bonds. The highest BCUT2D eigenvalue weighted by molar-refractivity contribution is 6.36. The van der Waals surface area contributed by atoms with Crippen LogP contribution in [-0.4, -0.2) is 42.1 Å². The van der Waals surface area contributed by atoms with Crippen LogP contribution in [0.2, 0.25) is 5.02 Å². The summed E-state index contributed by atoms with van der Waals surface area (Å²) in [5, 5.41) is 10.9. The van der Waals surface area contributed by atoms with E-state index in [1.807, 2.05) is 36.7 Å². The number of rotatable bonds is 6. The van der Waals surface area contributed by atoms with Crippen LogP contribution < -0.4 is 16.0 Å². The highest BCUT2D eigenvalue weighted by Crippen LogP contribution is 2.30. The molecule has 1 aromatic carbocycles. The zero-order valence-electron chi connectivity index (χ0n) is 16.8. The predicted octanol–water partition coefficient (Wildman–Crippen LogP) is 2.91. The van der Waals surface area contributed by atoms with Gasteiger partial charge in [0.2, 0.25) is 5.91 Å². The Morgan fingerprint density at radius 1 is 1.36 bits per heavy atom. The molecular weight excluding hydrogens is 376 g/mol. The number of piperidine rings is 1. The number of aryl methyl sites for hydroxylation is 2. The molecule has 2 heterocycles. The summed E-state index contributed by atoms with van der Waals surface area (Å²) in [6, 6.07) is 5.83. The molecular formula is C21H29ClN4O2. The lowest BCUT2D eigenvalue weighted by Crippen LogP contribution is -2.57. The van der Waals surface area contributed by atoms with Crippen LogP contribution in [0.1, 0.15) is 48.2 Å². The van der Waals surface area contributed by atoms with Gasteiger partial charge in [0.15, 0.2) is 0 Å². The lowest BCUT2D eigenvalue weighted by Gasteiger charge is -2.38. The van der Waals surface area contributed by atoms with E-state index in [-0.39, 0.29) is 17.4 Å². The molecule has 0 bridgehead atoms. The summed E-state index contributed by atoms with van der Waals surface area (Å²) in [7, 11) is 3.54. The Labute approximate surface area is 171 Å². The second kappa shape index (κ2) is 8.53. The first-order valence-corrected chi connectivity index (χ1v) is 10.2. The van der Waals surface area contributed by atoms with E-state index in [4.69, 9.17) is 11.6 Å². The number of carbonyl (C=O) groups is 2. The normalized spacial score (nSPS) is 19.6. The predicted molar refractivity (Wildman–Crippen MR) is 113 cm³/mol. The monoisotopic (exact) mass is 404 g/mol. The summed E-state index contributed by atoms with van der Waals surface area (Å²) in [5.74, 6) is -0.0694. The van der Waals surface area contributed by atoms with Gasteiger partial charge in [0.05, 0.1) is 10.6 Å². The Morgan fingerprint density at radius 2 is 2.14 bits per heavy atom. The number of hydrogen-bond acceptors (Lipinski definition) is 3. The Kier molecular flexibility index (Phi) is 6.30. The third kappa shape index (κ3) is 4.18. The van der Waals surface area contributed by atoms with Crippen molar-refractivity contribution >= 4 is 34.3 Å². The third-order valence-corrected chi connectivity index (χ3v) is 6.28. The molecule has 0 saturated carbocycles. The van der Waals surface area contributed by atoms with Gasteiger partial charge in [-0.15, -0.1) is 0 Å². The van der Waals surface area contributed by atoms with Gasteiger partial charge in [-0.3, -0.25) is 9.59 Å². The van der Waals surface area contributed by atoms with Gasteiger partial charge in [-0.25, -0.2) is 0 Å². The Bertz CT molecular complexity index is 884. The summed E-state index contributed by atoms with van der Waals surface area (Å²) in [5.41, 5.74) is 2.20. The smallest absolute Gasteiger partial charge is 0.268 e. The SMILES string of the molecule is CNC(=O)CCCC1(NC(=O)c2cc3c(Cl)c(C)ccc3n2C)CCCNC1. The number of fused-ring (bicyclic) bond motifs is 1. The summed E-state index contributed by atoms with van der Waals surface area (Å²) in [4.78, 5) is 24.8. The minimum atomic E-state index is -0.334. The van der Waals surface area contributed by atoms with E-state index >= 15 is 0 Å². The number of nitrogens with one attached hydrogen (secondary N) is 3. The van der Waals surface area contributed by atoms with Crippen LogP contribution in [0.3, 0.4) is 0 Å². The molecule has 7 heteroatoms. The van der Waals surface area contributed by atoms with Crippen LogP contribution in [0.4, 0.5) is 0 Å². The quantitative estimate of drug-likeness (QED) is 0.693. The average molecular weight is 405 g/mol. The number of amides is 2. The molecule has 1 fully saturated rings. The molecule has 0 radical (unpaired) electrons. The molecule has 0 spiro atoms. The van der Waals surface area contributed by atoms with Crippen LogP contribution >= 0.6 is 11.6 Å². The third-order valence-electron chi connectivity index (χ3n) is 5.78. The standard InChI is InChI=1S/C21H29ClN4O2/c1-14-7-8-16-15(19(14)22)12-17(26(16)3)20(28)25-21(10-5-11-24-13-21)9-4-6-18(27)23-2/h7-8,12,24H,4-6,9-11,13H2,1-3H3,(H,23,27)(H,25,28). The maximum absolute atomic E-state index is 13.2. The molecule has 152 valence electrons. The van der Waals surface area contributed by atoms with Crippen molar-refractivity contribution in [3.8, 4) is 0 Å². The van der Waals surface area contributed by atoms with Gasteiger partial charge >= 0.3 is 0 Å². The molecule has 3 N–H and O–H groups in total. The number of benzene rings is 1. The molecule has 2 aromatic rings. The lowest BCUT2D eigenvalue weighted by atomic mass is 9.84. The van der Waals surface area contributed by atoms with E-state index in [1.165, 1.54) is 0 Å². The maximum Gasteiger partial charge on any atom is 0.268 e. The van der Waals surface area contributed by atoms with Gasteiger partial charge in [0.1, 0.15) is 5.69 Å². The summed E-state index contributed by atoms with van der Waals surface area (Å²) < 4.78 is 1.89. The van der Waals surface area contributed by atoms with Crippen molar-refractivity contribution in [2.24, 2.45) is 7.05 Å². The summed E-state index contributed by atoms with van der Waals surface area (Å²) in [6.45, 7) is 3.63. The average Bonchev–Trinajstić information content (AvgIpc) is 3.02. The number of halogens is 1. The lowest BCUT2D eigenvalue weighted by molar-refractivity contribution is -0.120. The zero-order valence-corrected chi connectivity index (χ0v) is 17.6. The van der Waals surface area contributed by atoms with E-state index in [0.717, 1.165) is 55.2 Å². The van der Waals surface area contributed by atoms with Gasteiger partial charge in [0.25, 0.3) is 5.91 Å². The van der Waals surface area contributed by atoms with Crippen LogP contribution in [0, 0.1) is 6.92 Å². The first-order valence-electron chi connectivity index (χ1n) is 9.85. The van der Waals surface area contributed by atoms with Gasteiger partial charge in [-0.1, -0.05) is 17.7 Å². The second-order valence-electron chi connectivity index (χ2n) is 7.76. The Hall–Kier alpha value is -2.05. The first kappa shape index (κ1) is 20.7. The molecule has 3 rings (SSSR count). The number of nitrogens with zero attached hydrogens (tertiary/aromatic N) is 1.